The first-order chi connectivity index (χ1) is 5.25. The van der Waals surface area contributed by atoms with Crippen LogP contribution in [0.3, 0.4) is 0 Å². The molecule has 0 saturated heterocycles. The first kappa shape index (κ1) is 11.2. The van der Waals surface area contributed by atoms with Gasteiger partial charge in [0.15, 0.2) is 0 Å². The Morgan fingerprint density at radius 1 is 1.42 bits per heavy atom. The maximum atomic E-state index is 12.1. The van der Waals surface area contributed by atoms with Crippen molar-refractivity contribution in [2.45, 2.75) is 19.0 Å². The summed E-state index contributed by atoms with van der Waals surface area (Å²) in [7, 11) is 0. The van der Waals surface area contributed by atoms with E-state index in [9.17, 15) is 27.5 Å². The van der Waals surface area contributed by atoms with Crippen LogP contribution in [0.15, 0.2) is 0 Å². The van der Waals surface area contributed by atoms with Crippen LogP contribution in [0.5, 0.6) is 0 Å². The van der Waals surface area contributed by atoms with Gasteiger partial charge in [0.25, 0.3) is 0 Å². The SMILES string of the molecule is CCOC(F)(F)C(F)(F)C(=O)[O-]. The van der Waals surface area contributed by atoms with Gasteiger partial charge in [0.2, 0.25) is 0 Å². The van der Waals surface area contributed by atoms with Crippen molar-refractivity contribution >= 4 is 5.97 Å². The summed E-state index contributed by atoms with van der Waals surface area (Å²) in [5.41, 5.74) is 0. The summed E-state index contributed by atoms with van der Waals surface area (Å²) in [6.07, 6.45) is -5.03. The van der Waals surface area contributed by atoms with Crippen LogP contribution < -0.4 is 5.11 Å². The number of hydrogen-bond donors (Lipinski definition) is 0. The fraction of sp³-hybridized carbons (Fsp3) is 0.800. The molecule has 0 unspecified atom stereocenters. The van der Waals surface area contributed by atoms with E-state index in [4.69, 9.17) is 0 Å². The van der Waals surface area contributed by atoms with Gasteiger partial charge in [0, 0.05) is 0 Å². The minimum atomic E-state index is -5.30. The Kier molecular flexibility index (Phi) is 3.03. The minimum absolute atomic E-state index is 0.726. The van der Waals surface area contributed by atoms with Crippen molar-refractivity contribution in [1.29, 1.82) is 0 Å². The highest BCUT2D eigenvalue weighted by atomic mass is 19.3. The summed E-state index contributed by atoms with van der Waals surface area (Å²) in [6, 6.07) is 0. The Morgan fingerprint density at radius 2 is 1.83 bits per heavy atom. The summed E-state index contributed by atoms with van der Waals surface area (Å²) in [4.78, 5) is 9.52. The van der Waals surface area contributed by atoms with Crippen LogP contribution >= 0.6 is 0 Å². The summed E-state index contributed by atoms with van der Waals surface area (Å²) in [5.74, 6) is -8.47. The van der Waals surface area contributed by atoms with Crippen LogP contribution in [0, 0.1) is 0 Å². The maximum Gasteiger partial charge on any atom is 0.425 e. The Bertz CT molecular complexity index is 180. The summed E-state index contributed by atoms with van der Waals surface area (Å²) >= 11 is 0. The molecule has 0 aliphatic heterocycles. The second-order valence-electron chi connectivity index (χ2n) is 1.81. The van der Waals surface area contributed by atoms with E-state index in [-0.39, 0.29) is 0 Å². The Balaban J connectivity index is 4.62. The normalized spacial score (nSPS) is 13.1. The van der Waals surface area contributed by atoms with Gasteiger partial charge in [-0.05, 0) is 6.92 Å². The highest BCUT2D eigenvalue weighted by Crippen LogP contribution is 2.34. The number of carbonyl (C=O) groups excluding carboxylic acids is 1. The maximum absolute atomic E-state index is 12.1. The fourth-order valence-electron chi connectivity index (χ4n) is 0.391. The second kappa shape index (κ2) is 3.26. The van der Waals surface area contributed by atoms with E-state index < -0.39 is 24.6 Å². The van der Waals surface area contributed by atoms with E-state index in [1.54, 1.807) is 0 Å². The molecular formula is C5H5F4O3-. The van der Waals surface area contributed by atoms with E-state index in [1.807, 2.05) is 0 Å². The van der Waals surface area contributed by atoms with Gasteiger partial charge in [-0.25, -0.2) is 0 Å². The van der Waals surface area contributed by atoms with Crippen molar-refractivity contribution < 1.29 is 32.2 Å². The molecule has 0 rings (SSSR count). The summed E-state index contributed by atoms with van der Waals surface area (Å²) in [6.45, 7) is 0.301. The smallest absolute Gasteiger partial charge is 0.425 e. The third-order valence-electron chi connectivity index (χ3n) is 0.948. The monoisotopic (exact) mass is 189 g/mol. The van der Waals surface area contributed by atoms with Crippen molar-refractivity contribution in [2.24, 2.45) is 0 Å². The average Bonchev–Trinajstić information content (AvgIpc) is 1.86. The lowest BCUT2D eigenvalue weighted by atomic mass is 10.3. The number of halogens is 4. The van der Waals surface area contributed by atoms with Gasteiger partial charge in [-0.3, -0.25) is 0 Å². The highest BCUT2D eigenvalue weighted by Gasteiger charge is 2.59. The molecule has 0 radical (unpaired) electrons. The topological polar surface area (TPSA) is 49.4 Å². The van der Waals surface area contributed by atoms with Crippen molar-refractivity contribution in [3.05, 3.63) is 0 Å². The van der Waals surface area contributed by atoms with Crippen LogP contribution in [0.1, 0.15) is 6.92 Å². The molecule has 0 aromatic carbocycles. The molecule has 0 N–H and O–H groups in total. The van der Waals surface area contributed by atoms with Gasteiger partial charge in [-0.15, -0.1) is 0 Å². The van der Waals surface area contributed by atoms with Crippen LogP contribution in [0.4, 0.5) is 17.6 Å². The standard InChI is InChI=1S/C5H6F4O3/c1-2-12-5(8,9)4(6,7)3(10)11/h2H2,1H3,(H,10,11)/p-1. The number of ether oxygens (including phenoxy) is 1. The molecule has 0 fully saturated rings. The van der Waals surface area contributed by atoms with Gasteiger partial charge in [-0.2, -0.15) is 17.6 Å². The van der Waals surface area contributed by atoms with E-state index in [2.05, 4.69) is 4.74 Å². The molecule has 0 aromatic rings. The van der Waals surface area contributed by atoms with Gasteiger partial charge >= 0.3 is 12.0 Å². The average molecular weight is 189 g/mol. The largest absolute Gasteiger partial charge is 0.544 e. The lowest BCUT2D eigenvalue weighted by Gasteiger charge is -2.25. The van der Waals surface area contributed by atoms with Crippen LogP contribution in [-0.2, 0) is 9.53 Å². The predicted octanol–water partition coefficient (Wildman–Crippen LogP) is 0.000900. The number of carbonyl (C=O) groups is 1. The number of aliphatic carboxylic acids is 1. The van der Waals surface area contributed by atoms with Crippen molar-refractivity contribution in [2.75, 3.05) is 6.61 Å². The quantitative estimate of drug-likeness (QED) is 0.585. The van der Waals surface area contributed by atoms with E-state index in [1.165, 1.54) is 0 Å². The van der Waals surface area contributed by atoms with Crippen molar-refractivity contribution in [1.82, 2.24) is 0 Å². The zero-order chi connectivity index (χ0) is 9.99. The van der Waals surface area contributed by atoms with Gasteiger partial charge in [-0.1, -0.05) is 0 Å². The summed E-state index contributed by atoms with van der Waals surface area (Å²) < 4.78 is 51.3. The molecule has 0 amide bonds. The zero-order valence-corrected chi connectivity index (χ0v) is 5.94. The number of hydrogen-bond acceptors (Lipinski definition) is 3. The van der Waals surface area contributed by atoms with E-state index in [0.29, 0.717) is 0 Å². The lowest BCUT2D eigenvalue weighted by Crippen LogP contribution is -2.55. The summed E-state index contributed by atoms with van der Waals surface area (Å²) in [5, 5.41) is 9.52. The van der Waals surface area contributed by atoms with Gasteiger partial charge < -0.3 is 14.6 Å². The zero-order valence-electron chi connectivity index (χ0n) is 5.94. The Morgan fingerprint density at radius 3 is 2.08 bits per heavy atom. The van der Waals surface area contributed by atoms with Crippen LogP contribution in [0.2, 0.25) is 0 Å². The molecule has 72 valence electrons. The molecular weight excluding hydrogens is 184 g/mol. The van der Waals surface area contributed by atoms with Crippen LogP contribution in [0.25, 0.3) is 0 Å². The Labute approximate surface area is 64.9 Å². The number of carboxylic acids is 1. The molecule has 0 aromatic heterocycles. The molecule has 0 aliphatic rings. The van der Waals surface area contributed by atoms with Crippen LogP contribution in [-0.4, -0.2) is 24.6 Å². The first-order valence-electron chi connectivity index (χ1n) is 2.86. The third-order valence-corrected chi connectivity index (χ3v) is 0.948. The van der Waals surface area contributed by atoms with E-state index >= 15 is 0 Å². The van der Waals surface area contributed by atoms with Gasteiger partial charge in [0.05, 0.1) is 6.61 Å². The number of rotatable bonds is 4. The van der Waals surface area contributed by atoms with E-state index in [0.717, 1.165) is 6.92 Å². The van der Waals surface area contributed by atoms with Crippen molar-refractivity contribution in [3.63, 3.8) is 0 Å². The molecule has 0 saturated carbocycles. The highest BCUT2D eigenvalue weighted by molar-refractivity contribution is 5.74. The molecule has 3 nitrogen and oxygen atoms in total. The number of carboxylic acid groups (broad SMARTS) is 1. The third kappa shape index (κ3) is 1.84. The molecule has 0 atom stereocenters. The minimum Gasteiger partial charge on any atom is -0.544 e. The van der Waals surface area contributed by atoms with Crippen molar-refractivity contribution in [3.8, 4) is 0 Å². The molecule has 12 heavy (non-hydrogen) atoms. The first-order valence-corrected chi connectivity index (χ1v) is 2.86. The number of alkyl halides is 4. The Hall–Kier alpha value is -0.850. The molecule has 7 heteroatoms. The molecule has 0 heterocycles. The molecule has 0 bridgehead atoms. The van der Waals surface area contributed by atoms with Gasteiger partial charge in [0.1, 0.15) is 5.97 Å². The predicted molar refractivity (Wildman–Crippen MR) is 26.5 cm³/mol. The second-order valence-corrected chi connectivity index (χ2v) is 1.81. The fourth-order valence-corrected chi connectivity index (χ4v) is 0.391. The molecule has 0 spiro atoms. The molecule has 0 aliphatic carbocycles. The lowest BCUT2D eigenvalue weighted by molar-refractivity contribution is -0.387.